The van der Waals surface area contributed by atoms with E-state index in [9.17, 15) is 18.0 Å². The average molecular weight is 441 g/mol. The molecule has 0 spiro atoms. The van der Waals surface area contributed by atoms with Crippen LogP contribution < -0.4 is 15.8 Å². The van der Waals surface area contributed by atoms with Crippen LogP contribution in [0.1, 0.15) is 22.5 Å². The molecular weight excluding hydrogens is 425 g/mol. The van der Waals surface area contributed by atoms with Gasteiger partial charge in [0.1, 0.15) is 23.4 Å². The van der Waals surface area contributed by atoms with Crippen molar-refractivity contribution in [3.8, 4) is 5.75 Å². The third-order valence-corrected chi connectivity index (χ3v) is 5.41. The standard InChI is InChI=1S/C19H16ClF3N4O3/c1-29-9-5-12(20)15(25-7-9)16(28)26-8-2-3-13(21)10(4-8)19(17(22)23)11-6-14(11)30-18(24)27-19/h2-5,7,11,14,17H,6H2,1H3,(H2,24,27)(H,26,28)/t11-,14+,19+/m0/s1. The van der Waals surface area contributed by atoms with E-state index < -0.39 is 41.7 Å². The number of aromatic nitrogens is 1. The number of benzene rings is 1. The Hall–Kier alpha value is -3.01. The number of nitrogens with one attached hydrogen (secondary N) is 1. The maximum atomic E-state index is 14.6. The maximum absolute atomic E-state index is 14.6. The topological polar surface area (TPSA) is 98.8 Å². The van der Waals surface area contributed by atoms with Gasteiger partial charge in [-0.25, -0.2) is 23.1 Å². The van der Waals surface area contributed by atoms with E-state index in [2.05, 4.69) is 15.3 Å². The minimum atomic E-state index is -3.03. The number of fused-ring (bicyclic) bond motifs is 1. The summed E-state index contributed by atoms with van der Waals surface area (Å²) in [5, 5.41) is 2.52. The summed E-state index contributed by atoms with van der Waals surface area (Å²) in [6.45, 7) is 0. The van der Waals surface area contributed by atoms with Crippen LogP contribution in [0.4, 0.5) is 18.9 Å². The first-order chi connectivity index (χ1) is 14.3. The number of aliphatic imine (C=N–C) groups is 1. The van der Waals surface area contributed by atoms with Gasteiger partial charge >= 0.3 is 0 Å². The van der Waals surface area contributed by atoms with Gasteiger partial charge < -0.3 is 20.5 Å². The number of nitrogens with two attached hydrogens (primary N) is 1. The normalized spacial score (nSPS) is 24.5. The largest absolute Gasteiger partial charge is 0.495 e. The van der Waals surface area contributed by atoms with Gasteiger partial charge in [-0.05, 0) is 24.6 Å². The van der Waals surface area contributed by atoms with E-state index in [0.29, 0.717) is 5.75 Å². The predicted octanol–water partition coefficient (Wildman–Crippen LogP) is 3.33. The Balaban J connectivity index is 1.69. The van der Waals surface area contributed by atoms with Crippen LogP contribution in [0.3, 0.4) is 0 Å². The first-order valence-corrected chi connectivity index (χ1v) is 9.25. The molecule has 11 heteroatoms. The number of carbonyl (C=O) groups excluding carboxylic acids is 1. The van der Waals surface area contributed by atoms with Gasteiger partial charge in [-0.15, -0.1) is 0 Å². The fourth-order valence-electron chi connectivity index (χ4n) is 3.60. The minimum Gasteiger partial charge on any atom is -0.495 e. The van der Waals surface area contributed by atoms with Crippen molar-refractivity contribution in [3.05, 3.63) is 52.6 Å². The molecule has 1 aliphatic carbocycles. The van der Waals surface area contributed by atoms with Crippen LogP contribution in [0, 0.1) is 11.7 Å². The predicted molar refractivity (Wildman–Crippen MR) is 102 cm³/mol. The fraction of sp³-hybridized carbons (Fsp3) is 0.316. The molecule has 1 saturated carbocycles. The number of hydrogen-bond acceptors (Lipinski definition) is 6. The van der Waals surface area contributed by atoms with Crippen molar-refractivity contribution < 1.29 is 27.4 Å². The molecule has 1 aromatic heterocycles. The van der Waals surface area contributed by atoms with Gasteiger partial charge in [-0.3, -0.25) is 4.79 Å². The van der Waals surface area contributed by atoms with Crippen molar-refractivity contribution in [2.45, 2.75) is 24.5 Å². The van der Waals surface area contributed by atoms with Crippen molar-refractivity contribution in [1.29, 1.82) is 0 Å². The number of hydrogen-bond donors (Lipinski definition) is 2. The van der Waals surface area contributed by atoms with Crippen molar-refractivity contribution >= 4 is 29.2 Å². The molecule has 2 heterocycles. The van der Waals surface area contributed by atoms with Gasteiger partial charge in [0.05, 0.1) is 18.3 Å². The summed E-state index contributed by atoms with van der Waals surface area (Å²) in [5.74, 6) is -1.96. The zero-order valence-electron chi connectivity index (χ0n) is 15.5. The molecule has 158 valence electrons. The SMILES string of the molecule is COc1cnc(C(=O)Nc2ccc(F)c([C@@]3(C(F)F)N=C(N)O[C@@H]4C[C@@H]43)c2)c(Cl)c1. The second-order valence-corrected chi connectivity index (χ2v) is 7.34. The van der Waals surface area contributed by atoms with Gasteiger partial charge in [0, 0.05) is 23.2 Å². The number of amidine groups is 1. The molecular formula is C19H16ClF3N4O3. The highest BCUT2D eigenvalue weighted by Gasteiger charge is 2.64. The van der Waals surface area contributed by atoms with Crippen LogP contribution in [0.15, 0.2) is 35.5 Å². The first-order valence-electron chi connectivity index (χ1n) is 8.87. The summed E-state index contributed by atoms with van der Waals surface area (Å²) >= 11 is 6.04. The number of carbonyl (C=O) groups is 1. The highest BCUT2D eigenvalue weighted by Crippen LogP contribution is 2.56. The third-order valence-electron chi connectivity index (χ3n) is 5.12. The molecule has 1 aliphatic heterocycles. The second-order valence-electron chi connectivity index (χ2n) is 6.93. The minimum absolute atomic E-state index is 0.0286. The van der Waals surface area contributed by atoms with E-state index in [4.69, 9.17) is 26.8 Å². The molecule has 2 aromatic rings. The molecule has 2 aliphatic rings. The molecule has 0 saturated heterocycles. The van der Waals surface area contributed by atoms with E-state index in [0.717, 1.165) is 12.1 Å². The lowest BCUT2D eigenvalue weighted by molar-refractivity contribution is 0.0177. The van der Waals surface area contributed by atoms with Gasteiger partial charge in [0.2, 0.25) is 0 Å². The third kappa shape index (κ3) is 3.30. The number of ether oxygens (including phenoxy) is 2. The van der Waals surface area contributed by atoms with Crippen LogP contribution in [0.5, 0.6) is 5.75 Å². The van der Waals surface area contributed by atoms with Crippen molar-refractivity contribution in [2.24, 2.45) is 16.6 Å². The Morgan fingerprint density at radius 2 is 2.20 bits per heavy atom. The molecule has 3 N–H and O–H groups in total. The number of pyridine rings is 1. The average Bonchev–Trinajstić information content (AvgIpc) is 3.48. The van der Waals surface area contributed by atoms with Crippen LogP contribution >= 0.6 is 11.6 Å². The summed E-state index contributed by atoms with van der Waals surface area (Å²) in [7, 11) is 1.42. The summed E-state index contributed by atoms with van der Waals surface area (Å²) < 4.78 is 53.1. The number of halogens is 4. The summed E-state index contributed by atoms with van der Waals surface area (Å²) in [6.07, 6.45) is -2.00. The Morgan fingerprint density at radius 1 is 1.43 bits per heavy atom. The van der Waals surface area contributed by atoms with Gasteiger partial charge in [-0.2, -0.15) is 0 Å². The molecule has 3 atom stereocenters. The quantitative estimate of drug-likeness (QED) is 0.743. The lowest BCUT2D eigenvalue weighted by Crippen LogP contribution is -2.43. The Labute approximate surface area is 174 Å². The summed E-state index contributed by atoms with van der Waals surface area (Å²) in [5.41, 5.74) is 2.96. The van der Waals surface area contributed by atoms with Crippen molar-refractivity contribution in [2.75, 3.05) is 12.4 Å². The van der Waals surface area contributed by atoms with E-state index >= 15 is 0 Å². The number of anilines is 1. The van der Waals surface area contributed by atoms with Gasteiger partial charge in [0.25, 0.3) is 18.4 Å². The molecule has 1 fully saturated rings. The highest BCUT2D eigenvalue weighted by atomic mass is 35.5. The van der Waals surface area contributed by atoms with Crippen molar-refractivity contribution in [1.82, 2.24) is 4.98 Å². The van der Waals surface area contributed by atoms with Crippen LogP contribution in [0.2, 0.25) is 5.02 Å². The highest BCUT2D eigenvalue weighted by molar-refractivity contribution is 6.34. The molecule has 1 aromatic carbocycles. The van der Waals surface area contributed by atoms with E-state index in [-0.39, 0.29) is 28.4 Å². The van der Waals surface area contributed by atoms with E-state index in [1.165, 1.54) is 25.4 Å². The molecule has 0 unspecified atom stereocenters. The van der Waals surface area contributed by atoms with Crippen LogP contribution in [-0.4, -0.2) is 36.6 Å². The zero-order chi connectivity index (χ0) is 21.6. The van der Waals surface area contributed by atoms with E-state index in [1.54, 1.807) is 0 Å². The number of amides is 1. The van der Waals surface area contributed by atoms with Gasteiger partial charge in [0.15, 0.2) is 5.54 Å². The molecule has 4 rings (SSSR count). The molecule has 0 radical (unpaired) electrons. The van der Waals surface area contributed by atoms with Crippen LogP contribution in [0.25, 0.3) is 0 Å². The van der Waals surface area contributed by atoms with Gasteiger partial charge in [-0.1, -0.05) is 11.6 Å². The van der Waals surface area contributed by atoms with Crippen LogP contribution in [-0.2, 0) is 10.3 Å². The Kier molecular flexibility index (Phi) is 4.97. The monoisotopic (exact) mass is 440 g/mol. The molecule has 30 heavy (non-hydrogen) atoms. The maximum Gasteiger partial charge on any atom is 0.283 e. The molecule has 1 amide bonds. The first kappa shape index (κ1) is 20.3. The zero-order valence-corrected chi connectivity index (χ0v) is 16.3. The lowest BCUT2D eigenvalue weighted by Gasteiger charge is -2.33. The van der Waals surface area contributed by atoms with Crippen molar-refractivity contribution in [3.63, 3.8) is 0 Å². The lowest BCUT2D eigenvalue weighted by atomic mass is 9.84. The number of methoxy groups -OCH3 is 1. The summed E-state index contributed by atoms with van der Waals surface area (Å²) in [6, 6.07) is 4.32. The second kappa shape index (κ2) is 7.35. The molecule has 0 bridgehead atoms. The number of nitrogens with zero attached hydrogens (tertiary/aromatic N) is 2. The molecule has 7 nitrogen and oxygen atoms in total. The smallest absolute Gasteiger partial charge is 0.283 e. The Bertz CT molecular complexity index is 1050. The Morgan fingerprint density at radius 3 is 2.87 bits per heavy atom. The summed E-state index contributed by atoms with van der Waals surface area (Å²) in [4.78, 5) is 20.3. The van der Waals surface area contributed by atoms with E-state index in [1.807, 2.05) is 0 Å². The fourth-order valence-corrected chi connectivity index (χ4v) is 3.84. The number of rotatable bonds is 5. The number of alkyl halides is 2.